The standard InChI is InChI=1S/C13H28N2O3S/c1-4-6-8-11(7-5-2)15-13(16)12(14)9-10-19(3,17)18/h11-12H,4-10,14H2,1-3H3,(H,15,16). The number of carbonyl (C=O) groups excluding carboxylic acids is 1. The van der Waals surface area contributed by atoms with Crippen molar-refractivity contribution in [3.63, 3.8) is 0 Å². The van der Waals surface area contributed by atoms with Gasteiger partial charge in [0.1, 0.15) is 9.84 Å². The monoisotopic (exact) mass is 292 g/mol. The molecule has 0 radical (unpaired) electrons. The van der Waals surface area contributed by atoms with Crippen molar-refractivity contribution in [3.8, 4) is 0 Å². The average Bonchev–Trinajstić information content (AvgIpc) is 2.32. The number of hydrogen-bond acceptors (Lipinski definition) is 4. The Morgan fingerprint density at radius 2 is 1.79 bits per heavy atom. The van der Waals surface area contributed by atoms with E-state index >= 15 is 0 Å². The Morgan fingerprint density at radius 1 is 1.16 bits per heavy atom. The summed E-state index contributed by atoms with van der Waals surface area (Å²) in [6, 6.07) is -0.586. The molecular weight excluding hydrogens is 264 g/mol. The summed E-state index contributed by atoms with van der Waals surface area (Å²) >= 11 is 0. The lowest BCUT2D eigenvalue weighted by molar-refractivity contribution is -0.123. The molecule has 0 aromatic heterocycles. The quantitative estimate of drug-likeness (QED) is 0.633. The summed E-state index contributed by atoms with van der Waals surface area (Å²) in [4.78, 5) is 11.9. The summed E-state index contributed by atoms with van der Waals surface area (Å²) in [5.41, 5.74) is 5.72. The molecule has 19 heavy (non-hydrogen) atoms. The van der Waals surface area contributed by atoms with Gasteiger partial charge in [0, 0.05) is 12.3 Å². The predicted octanol–water partition coefficient (Wildman–Crippen LogP) is 1.22. The maximum Gasteiger partial charge on any atom is 0.237 e. The second-order valence-corrected chi connectivity index (χ2v) is 7.42. The largest absolute Gasteiger partial charge is 0.352 e. The maximum atomic E-state index is 11.9. The van der Waals surface area contributed by atoms with Gasteiger partial charge < -0.3 is 11.1 Å². The van der Waals surface area contributed by atoms with Crippen LogP contribution in [-0.2, 0) is 14.6 Å². The molecule has 0 heterocycles. The zero-order valence-electron chi connectivity index (χ0n) is 12.3. The van der Waals surface area contributed by atoms with Crippen LogP contribution in [0, 0.1) is 0 Å². The van der Waals surface area contributed by atoms with Gasteiger partial charge in [0.05, 0.1) is 11.8 Å². The number of unbranched alkanes of at least 4 members (excludes halogenated alkanes) is 1. The molecule has 0 saturated carbocycles. The lowest BCUT2D eigenvalue weighted by Crippen LogP contribution is -2.46. The van der Waals surface area contributed by atoms with Crippen molar-refractivity contribution >= 4 is 15.7 Å². The molecule has 114 valence electrons. The van der Waals surface area contributed by atoms with Crippen LogP contribution in [0.2, 0.25) is 0 Å². The summed E-state index contributed by atoms with van der Waals surface area (Å²) < 4.78 is 22.1. The number of carbonyl (C=O) groups is 1. The molecule has 0 aromatic carbocycles. The molecule has 0 rings (SSSR count). The van der Waals surface area contributed by atoms with Crippen molar-refractivity contribution in [3.05, 3.63) is 0 Å². The van der Waals surface area contributed by atoms with Crippen molar-refractivity contribution in [1.82, 2.24) is 5.32 Å². The summed E-state index contributed by atoms with van der Waals surface area (Å²) in [5, 5.41) is 2.93. The molecule has 0 aromatic rings. The SMILES string of the molecule is CCCCC(CCC)NC(=O)C(N)CCS(C)(=O)=O. The fourth-order valence-corrected chi connectivity index (χ4v) is 2.55. The van der Waals surface area contributed by atoms with E-state index in [0.717, 1.165) is 38.4 Å². The van der Waals surface area contributed by atoms with Crippen molar-refractivity contribution in [2.75, 3.05) is 12.0 Å². The Morgan fingerprint density at radius 3 is 2.26 bits per heavy atom. The van der Waals surface area contributed by atoms with Gasteiger partial charge in [-0.2, -0.15) is 0 Å². The highest BCUT2D eigenvalue weighted by Gasteiger charge is 2.18. The van der Waals surface area contributed by atoms with E-state index in [-0.39, 0.29) is 24.1 Å². The van der Waals surface area contributed by atoms with Gasteiger partial charge in [-0.15, -0.1) is 0 Å². The normalized spacial score (nSPS) is 14.9. The smallest absolute Gasteiger partial charge is 0.237 e. The van der Waals surface area contributed by atoms with Gasteiger partial charge in [-0.05, 0) is 19.3 Å². The Balaban J connectivity index is 4.22. The van der Waals surface area contributed by atoms with Gasteiger partial charge in [0.15, 0.2) is 0 Å². The second-order valence-electron chi connectivity index (χ2n) is 5.16. The van der Waals surface area contributed by atoms with E-state index in [1.807, 2.05) is 0 Å². The highest BCUT2D eigenvalue weighted by atomic mass is 32.2. The zero-order chi connectivity index (χ0) is 14.9. The fourth-order valence-electron chi connectivity index (χ4n) is 1.87. The first-order valence-corrected chi connectivity index (χ1v) is 9.09. The Hall–Kier alpha value is -0.620. The molecule has 3 N–H and O–H groups in total. The third-order valence-corrected chi connectivity index (χ3v) is 4.00. The minimum absolute atomic E-state index is 0.0466. The molecule has 0 bridgehead atoms. The number of sulfone groups is 1. The van der Waals surface area contributed by atoms with E-state index in [1.165, 1.54) is 0 Å². The van der Waals surface area contributed by atoms with Crippen LogP contribution in [-0.4, -0.2) is 38.4 Å². The number of hydrogen-bond donors (Lipinski definition) is 2. The molecule has 0 aliphatic carbocycles. The third kappa shape index (κ3) is 9.90. The lowest BCUT2D eigenvalue weighted by atomic mass is 10.0. The zero-order valence-corrected chi connectivity index (χ0v) is 13.1. The second kappa shape index (κ2) is 9.31. The molecule has 6 heteroatoms. The minimum atomic E-state index is -3.07. The van der Waals surface area contributed by atoms with Crippen molar-refractivity contribution in [2.24, 2.45) is 5.73 Å². The van der Waals surface area contributed by atoms with E-state index in [1.54, 1.807) is 0 Å². The van der Waals surface area contributed by atoms with Gasteiger partial charge in [0.25, 0.3) is 0 Å². The molecule has 0 aliphatic rings. The topological polar surface area (TPSA) is 89.3 Å². The van der Waals surface area contributed by atoms with Crippen LogP contribution in [0.4, 0.5) is 0 Å². The Labute approximate surface area is 117 Å². The number of nitrogens with one attached hydrogen (secondary N) is 1. The summed E-state index contributed by atoms with van der Waals surface area (Å²) in [5.74, 6) is -0.284. The molecule has 2 unspecified atom stereocenters. The van der Waals surface area contributed by atoms with Gasteiger partial charge in [-0.1, -0.05) is 33.1 Å². The lowest BCUT2D eigenvalue weighted by Gasteiger charge is -2.20. The summed E-state index contributed by atoms with van der Waals surface area (Å²) in [6.45, 7) is 4.19. The minimum Gasteiger partial charge on any atom is -0.352 e. The van der Waals surface area contributed by atoms with E-state index in [0.29, 0.717) is 0 Å². The van der Waals surface area contributed by atoms with Crippen molar-refractivity contribution in [2.45, 2.75) is 64.5 Å². The number of amides is 1. The van der Waals surface area contributed by atoms with E-state index in [9.17, 15) is 13.2 Å². The maximum absolute atomic E-state index is 11.9. The molecule has 0 spiro atoms. The van der Waals surface area contributed by atoms with Crippen LogP contribution in [0.3, 0.4) is 0 Å². The third-order valence-electron chi connectivity index (χ3n) is 3.03. The first-order valence-electron chi connectivity index (χ1n) is 7.03. The van der Waals surface area contributed by atoms with Crippen LogP contribution in [0.1, 0.15) is 52.4 Å². The predicted molar refractivity (Wildman–Crippen MR) is 78.7 cm³/mol. The van der Waals surface area contributed by atoms with Gasteiger partial charge in [-0.25, -0.2) is 8.42 Å². The molecule has 0 saturated heterocycles. The van der Waals surface area contributed by atoms with Crippen LogP contribution >= 0.6 is 0 Å². The van der Waals surface area contributed by atoms with E-state index in [4.69, 9.17) is 5.73 Å². The average molecular weight is 292 g/mol. The van der Waals surface area contributed by atoms with Crippen LogP contribution in [0.15, 0.2) is 0 Å². The first kappa shape index (κ1) is 18.4. The Kier molecular flexibility index (Phi) is 9.01. The Bertz CT molecular complexity index is 355. The highest BCUT2D eigenvalue weighted by molar-refractivity contribution is 7.90. The van der Waals surface area contributed by atoms with E-state index < -0.39 is 15.9 Å². The molecule has 5 nitrogen and oxygen atoms in total. The van der Waals surface area contributed by atoms with Gasteiger partial charge in [0.2, 0.25) is 5.91 Å². The van der Waals surface area contributed by atoms with Gasteiger partial charge >= 0.3 is 0 Å². The van der Waals surface area contributed by atoms with Gasteiger partial charge in [-0.3, -0.25) is 4.79 Å². The highest BCUT2D eigenvalue weighted by Crippen LogP contribution is 2.07. The molecule has 1 amide bonds. The molecule has 2 atom stereocenters. The first-order chi connectivity index (χ1) is 8.80. The summed E-state index contributed by atoms with van der Waals surface area (Å²) in [6.07, 6.45) is 6.39. The van der Waals surface area contributed by atoms with Crippen LogP contribution < -0.4 is 11.1 Å². The summed E-state index contributed by atoms with van der Waals surface area (Å²) in [7, 11) is -3.07. The molecular formula is C13H28N2O3S. The number of nitrogens with two attached hydrogens (primary N) is 1. The van der Waals surface area contributed by atoms with Crippen LogP contribution in [0.5, 0.6) is 0 Å². The number of rotatable bonds is 10. The molecule has 0 aliphatic heterocycles. The van der Waals surface area contributed by atoms with Crippen LogP contribution in [0.25, 0.3) is 0 Å². The molecule has 0 fully saturated rings. The van der Waals surface area contributed by atoms with E-state index in [2.05, 4.69) is 19.2 Å². The van der Waals surface area contributed by atoms with Crippen molar-refractivity contribution in [1.29, 1.82) is 0 Å². The fraction of sp³-hybridized carbons (Fsp3) is 0.923. The van der Waals surface area contributed by atoms with Crippen molar-refractivity contribution < 1.29 is 13.2 Å².